The van der Waals surface area contributed by atoms with Gasteiger partial charge >= 0.3 is 0 Å². The van der Waals surface area contributed by atoms with Crippen LogP contribution in [-0.4, -0.2) is 38.8 Å². The number of aliphatic hydroxyl groups excluding tert-OH is 1. The molecule has 2 rings (SSSR count). The lowest BCUT2D eigenvalue weighted by Crippen LogP contribution is -2.27. The van der Waals surface area contributed by atoms with Gasteiger partial charge < -0.3 is 10.4 Å². The largest absolute Gasteiger partial charge is 0.395 e. The lowest BCUT2D eigenvalue weighted by Gasteiger charge is -2.01. The quantitative estimate of drug-likeness (QED) is 0.706. The molecule has 6 nitrogen and oxygen atoms in total. The van der Waals surface area contributed by atoms with Crippen LogP contribution in [0, 0.1) is 0 Å². The van der Waals surface area contributed by atoms with Crippen molar-refractivity contribution in [2.45, 2.75) is 0 Å². The van der Waals surface area contributed by atoms with E-state index in [2.05, 4.69) is 15.4 Å². The SMILES string of the molecule is O=C(NCCO)c1cnc2cccnn12. The second-order valence-electron chi connectivity index (χ2n) is 2.92. The van der Waals surface area contributed by atoms with E-state index in [9.17, 15) is 4.79 Å². The second kappa shape index (κ2) is 4.05. The third-order valence-electron chi connectivity index (χ3n) is 1.91. The molecule has 0 fully saturated rings. The van der Waals surface area contributed by atoms with Gasteiger partial charge in [-0.2, -0.15) is 5.10 Å². The molecule has 15 heavy (non-hydrogen) atoms. The lowest BCUT2D eigenvalue weighted by atomic mass is 10.4. The van der Waals surface area contributed by atoms with Crippen LogP contribution in [0.25, 0.3) is 5.65 Å². The fraction of sp³-hybridized carbons (Fsp3) is 0.222. The zero-order valence-electron chi connectivity index (χ0n) is 7.92. The summed E-state index contributed by atoms with van der Waals surface area (Å²) in [7, 11) is 0. The fourth-order valence-corrected chi connectivity index (χ4v) is 1.24. The summed E-state index contributed by atoms with van der Waals surface area (Å²) in [6.45, 7) is 0.134. The van der Waals surface area contributed by atoms with Crippen molar-refractivity contribution >= 4 is 11.6 Å². The molecule has 0 bridgehead atoms. The van der Waals surface area contributed by atoms with Crippen molar-refractivity contribution in [2.24, 2.45) is 0 Å². The number of nitrogens with one attached hydrogen (secondary N) is 1. The van der Waals surface area contributed by atoms with Crippen LogP contribution >= 0.6 is 0 Å². The summed E-state index contributed by atoms with van der Waals surface area (Å²) >= 11 is 0. The maximum atomic E-state index is 11.6. The van der Waals surface area contributed by atoms with Gasteiger partial charge in [0.2, 0.25) is 0 Å². The van der Waals surface area contributed by atoms with Crippen molar-refractivity contribution in [3.63, 3.8) is 0 Å². The Bertz CT molecular complexity index is 480. The van der Waals surface area contributed by atoms with Gasteiger partial charge in [-0.25, -0.2) is 9.50 Å². The van der Waals surface area contributed by atoms with Gasteiger partial charge in [-0.05, 0) is 12.1 Å². The first kappa shape index (κ1) is 9.60. The summed E-state index contributed by atoms with van der Waals surface area (Å²) in [6.07, 6.45) is 3.03. The summed E-state index contributed by atoms with van der Waals surface area (Å²) in [5.74, 6) is -0.296. The standard InChI is InChI=1S/C9H10N4O2/c14-5-4-10-9(15)7-6-11-8-2-1-3-12-13(7)8/h1-3,6,14H,4-5H2,(H,10,15). The molecule has 0 spiro atoms. The average Bonchev–Trinajstić information content (AvgIpc) is 2.69. The minimum absolute atomic E-state index is 0.0874. The first-order valence-corrected chi connectivity index (χ1v) is 4.51. The molecule has 0 saturated carbocycles. The topological polar surface area (TPSA) is 79.5 Å². The number of amides is 1. The van der Waals surface area contributed by atoms with Crippen molar-refractivity contribution in [2.75, 3.05) is 13.2 Å². The van der Waals surface area contributed by atoms with Gasteiger partial charge in [-0.1, -0.05) is 0 Å². The molecular formula is C9H10N4O2. The number of aliphatic hydroxyl groups is 1. The smallest absolute Gasteiger partial charge is 0.271 e. The van der Waals surface area contributed by atoms with Crippen LogP contribution in [0.5, 0.6) is 0 Å². The van der Waals surface area contributed by atoms with E-state index in [0.717, 1.165) is 0 Å². The van der Waals surface area contributed by atoms with Crippen LogP contribution < -0.4 is 5.32 Å². The maximum absolute atomic E-state index is 11.6. The van der Waals surface area contributed by atoms with Gasteiger partial charge in [0.1, 0.15) is 5.69 Å². The van der Waals surface area contributed by atoms with Gasteiger partial charge in [-0.15, -0.1) is 0 Å². The zero-order valence-corrected chi connectivity index (χ0v) is 7.92. The van der Waals surface area contributed by atoms with Crippen LogP contribution in [0.2, 0.25) is 0 Å². The fourth-order valence-electron chi connectivity index (χ4n) is 1.24. The monoisotopic (exact) mass is 206 g/mol. The molecule has 2 aromatic rings. The number of hydrogen-bond donors (Lipinski definition) is 2. The Morgan fingerprint density at radius 2 is 2.47 bits per heavy atom. The molecule has 1 amide bonds. The average molecular weight is 206 g/mol. The predicted octanol–water partition coefficient (Wildman–Crippen LogP) is -0.549. The third-order valence-corrected chi connectivity index (χ3v) is 1.91. The number of hydrogen-bond acceptors (Lipinski definition) is 4. The van der Waals surface area contributed by atoms with E-state index in [0.29, 0.717) is 11.3 Å². The van der Waals surface area contributed by atoms with E-state index < -0.39 is 0 Å². The van der Waals surface area contributed by atoms with Gasteiger partial charge in [0, 0.05) is 12.7 Å². The number of imidazole rings is 1. The van der Waals surface area contributed by atoms with E-state index in [-0.39, 0.29) is 19.1 Å². The zero-order chi connectivity index (χ0) is 10.7. The van der Waals surface area contributed by atoms with Gasteiger partial charge in [0.15, 0.2) is 5.65 Å². The van der Waals surface area contributed by atoms with Crippen molar-refractivity contribution in [3.05, 3.63) is 30.2 Å². The Morgan fingerprint density at radius 3 is 3.27 bits per heavy atom. The van der Waals surface area contributed by atoms with Gasteiger partial charge in [0.05, 0.1) is 12.8 Å². The van der Waals surface area contributed by atoms with Crippen LogP contribution in [0.15, 0.2) is 24.5 Å². The van der Waals surface area contributed by atoms with Crippen molar-refractivity contribution in [1.29, 1.82) is 0 Å². The first-order valence-electron chi connectivity index (χ1n) is 4.51. The Kier molecular flexibility index (Phi) is 2.59. The Labute approximate surface area is 85.6 Å². The summed E-state index contributed by atoms with van der Waals surface area (Å²) in [5.41, 5.74) is 0.977. The molecule has 0 aromatic carbocycles. The first-order chi connectivity index (χ1) is 7.33. The molecule has 2 aromatic heterocycles. The van der Waals surface area contributed by atoms with E-state index >= 15 is 0 Å². The normalized spacial score (nSPS) is 10.5. The minimum Gasteiger partial charge on any atom is -0.395 e. The maximum Gasteiger partial charge on any atom is 0.271 e. The van der Waals surface area contributed by atoms with Crippen LogP contribution in [0.3, 0.4) is 0 Å². The van der Waals surface area contributed by atoms with Crippen LogP contribution in [0.4, 0.5) is 0 Å². The lowest BCUT2D eigenvalue weighted by molar-refractivity contribution is 0.0937. The molecule has 78 valence electrons. The molecule has 0 aliphatic carbocycles. The highest BCUT2D eigenvalue weighted by Crippen LogP contribution is 2.02. The summed E-state index contributed by atoms with van der Waals surface area (Å²) in [5, 5.41) is 15.1. The summed E-state index contributed by atoms with van der Waals surface area (Å²) in [4.78, 5) is 15.6. The van der Waals surface area contributed by atoms with Crippen molar-refractivity contribution < 1.29 is 9.90 Å². The van der Waals surface area contributed by atoms with E-state index in [1.807, 2.05) is 0 Å². The number of aromatic nitrogens is 3. The number of rotatable bonds is 3. The van der Waals surface area contributed by atoms with E-state index in [4.69, 9.17) is 5.11 Å². The molecule has 2 heterocycles. The summed E-state index contributed by atoms with van der Waals surface area (Å²) < 4.78 is 1.45. The Hall–Kier alpha value is -1.95. The highest BCUT2D eigenvalue weighted by atomic mass is 16.3. The number of nitrogens with zero attached hydrogens (tertiary/aromatic N) is 3. The molecule has 0 unspecified atom stereocenters. The number of fused-ring (bicyclic) bond motifs is 1. The Morgan fingerprint density at radius 1 is 1.60 bits per heavy atom. The molecule has 0 saturated heterocycles. The molecular weight excluding hydrogens is 196 g/mol. The highest BCUT2D eigenvalue weighted by Gasteiger charge is 2.11. The third kappa shape index (κ3) is 1.79. The van der Waals surface area contributed by atoms with Crippen LogP contribution in [0.1, 0.15) is 10.5 Å². The minimum atomic E-state index is -0.296. The van der Waals surface area contributed by atoms with Crippen LogP contribution in [-0.2, 0) is 0 Å². The number of carbonyl (C=O) groups is 1. The van der Waals surface area contributed by atoms with Crippen molar-refractivity contribution in [1.82, 2.24) is 19.9 Å². The Balaban J connectivity index is 2.31. The molecule has 6 heteroatoms. The highest BCUT2D eigenvalue weighted by molar-refractivity contribution is 5.93. The van der Waals surface area contributed by atoms with Gasteiger partial charge in [-0.3, -0.25) is 4.79 Å². The number of carbonyl (C=O) groups excluding carboxylic acids is 1. The van der Waals surface area contributed by atoms with Gasteiger partial charge in [0.25, 0.3) is 5.91 Å². The van der Waals surface area contributed by atoms with E-state index in [1.165, 1.54) is 10.7 Å². The second-order valence-corrected chi connectivity index (χ2v) is 2.92. The molecule has 0 atom stereocenters. The summed E-state index contributed by atoms with van der Waals surface area (Å²) in [6, 6.07) is 3.51. The predicted molar refractivity (Wildman–Crippen MR) is 52.4 cm³/mol. The molecule has 0 radical (unpaired) electrons. The molecule has 0 aliphatic heterocycles. The van der Waals surface area contributed by atoms with Crippen molar-refractivity contribution in [3.8, 4) is 0 Å². The molecule has 2 N–H and O–H groups in total. The van der Waals surface area contributed by atoms with E-state index in [1.54, 1.807) is 18.3 Å². The molecule has 0 aliphatic rings.